The van der Waals surface area contributed by atoms with Crippen LogP contribution in [0.5, 0.6) is 0 Å². The molecular formula is C14H7Cl3N. The predicted octanol–water partition coefficient (Wildman–Crippen LogP) is 5.39. The van der Waals surface area contributed by atoms with Crippen LogP contribution in [0.3, 0.4) is 0 Å². The molecule has 0 saturated heterocycles. The molecular weight excluding hydrogens is 289 g/mol. The SMILES string of the molecule is Clc1cc(Cl)c(C2=Cc3ccccc3[N]2)cc1Cl. The van der Waals surface area contributed by atoms with Crippen LogP contribution in [0.25, 0.3) is 11.8 Å². The highest BCUT2D eigenvalue weighted by Gasteiger charge is 2.18. The second-order valence-corrected chi connectivity index (χ2v) is 5.17. The average molecular weight is 296 g/mol. The van der Waals surface area contributed by atoms with Crippen LogP contribution in [0.1, 0.15) is 11.1 Å². The number of rotatable bonds is 1. The van der Waals surface area contributed by atoms with E-state index in [2.05, 4.69) is 5.32 Å². The fourth-order valence-electron chi connectivity index (χ4n) is 1.88. The third-order valence-corrected chi connectivity index (χ3v) is 3.79. The van der Waals surface area contributed by atoms with Crippen molar-refractivity contribution in [1.29, 1.82) is 0 Å². The monoisotopic (exact) mass is 294 g/mol. The van der Waals surface area contributed by atoms with Crippen LogP contribution in [0.4, 0.5) is 5.69 Å². The maximum atomic E-state index is 6.18. The molecule has 2 aromatic carbocycles. The van der Waals surface area contributed by atoms with Gasteiger partial charge >= 0.3 is 0 Å². The summed E-state index contributed by atoms with van der Waals surface area (Å²) in [7, 11) is 0. The lowest BCUT2D eigenvalue weighted by atomic mass is 10.1. The molecule has 2 aromatic rings. The molecule has 4 heteroatoms. The van der Waals surface area contributed by atoms with Crippen molar-refractivity contribution in [2.75, 3.05) is 0 Å². The Bertz CT molecular complexity index is 662. The fourth-order valence-corrected chi connectivity index (χ4v) is 2.52. The first-order chi connectivity index (χ1) is 8.65. The number of benzene rings is 2. The number of fused-ring (bicyclic) bond motifs is 1. The molecule has 1 radical (unpaired) electrons. The van der Waals surface area contributed by atoms with Gasteiger partial charge in [0.2, 0.25) is 0 Å². The molecule has 1 aliphatic heterocycles. The Morgan fingerprint density at radius 3 is 2.33 bits per heavy atom. The molecule has 0 amide bonds. The highest BCUT2D eigenvalue weighted by atomic mass is 35.5. The van der Waals surface area contributed by atoms with Crippen molar-refractivity contribution >= 4 is 52.3 Å². The Labute approximate surface area is 120 Å². The number of halogens is 3. The van der Waals surface area contributed by atoms with E-state index in [4.69, 9.17) is 34.8 Å². The van der Waals surface area contributed by atoms with Crippen molar-refractivity contribution in [2.24, 2.45) is 0 Å². The molecule has 3 rings (SSSR count). The van der Waals surface area contributed by atoms with Crippen molar-refractivity contribution in [1.82, 2.24) is 5.32 Å². The minimum absolute atomic E-state index is 0.446. The van der Waals surface area contributed by atoms with Gasteiger partial charge in [-0.3, -0.25) is 0 Å². The van der Waals surface area contributed by atoms with Gasteiger partial charge in [-0.2, -0.15) is 0 Å². The largest absolute Gasteiger partial charge is 0.248 e. The van der Waals surface area contributed by atoms with Gasteiger partial charge in [-0.05, 0) is 24.3 Å². The quantitative estimate of drug-likeness (QED) is 0.626. The Balaban J connectivity index is 2.07. The first-order valence-corrected chi connectivity index (χ1v) is 6.46. The lowest BCUT2D eigenvalue weighted by Gasteiger charge is -2.07. The highest BCUT2D eigenvalue weighted by Crippen LogP contribution is 2.38. The van der Waals surface area contributed by atoms with E-state index in [1.807, 2.05) is 30.3 Å². The van der Waals surface area contributed by atoms with E-state index >= 15 is 0 Å². The molecule has 0 atom stereocenters. The maximum absolute atomic E-state index is 6.18. The van der Waals surface area contributed by atoms with E-state index in [1.54, 1.807) is 12.1 Å². The summed E-state index contributed by atoms with van der Waals surface area (Å²) in [6.07, 6.45) is 1.99. The summed E-state index contributed by atoms with van der Waals surface area (Å²) in [5, 5.41) is 6.00. The molecule has 0 aromatic heterocycles. The van der Waals surface area contributed by atoms with Gasteiger partial charge in [-0.25, -0.2) is 5.32 Å². The van der Waals surface area contributed by atoms with Crippen LogP contribution < -0.4 is 5.32 Å². The molecule has 0 N–H and O–H groups in total. The van der Waals surface area contributed by atoms with Crippen LogP contribution in [0.2, 0.25) is 15.1 Å². The normalized spacial score (nSPS) is 12.9. The summed E-state index contributed by atoms with van der Waals surface area (Å²) >= 11 is 18.1. The summed E-state index contributed by atoms with van der Waals surface area (Å²) in [4.78, 5) is 0. The van der Waals surface area contributed by atoms with Crippen molar-refractivity contribution in [3.63, 3.8) is 0 Å². The predicted molar refractivity (Wildman–Crippen MR) is 77.6 cm³/mol. The molecule has 0 saturated carbocycles. The summed E-state index contributed by atoms with van der Waals surface area (Å²) in [5.74, 6) is 0. The van der Waals surface area contributed by atoms with E-state index in [0.29, 0.717) is 15.1 Å². The minimum atomic E-state index is 0.446. The zero-order valence-electron chi connectivity index (χ0n) is 9.12. The number of hydrogen-bond donors (Lipinski definition) is 0. The lowest BCUT2D eigenvalue weighted by Crippen LogP contribution is -1.93. The lowest BCUT2D eigenvalue weighted by molar-refractivity contribution is 1.23. The smallest absolute Gasteiger partial charge is 0.0731 e. The van der Waals surface area contributed by atoms with Crippen molar-refractivity contribution in [3.05, 3.63) is 62.6 Å². The molecule has 0 aliphatic carbocycles. The molecule has 1 aliphatic rings. The average Bonchev–Trinajstić information content (AvgIpc) is 2.77. The molecule has 1 nitrogen and oxygen atoms in total. The van der Waals surface area contributed by atoms with Crippen LogP contribution in [-0.4, -0.2) is 0 Å². The summed E-state index contributed by atoms with van der Waals surface area (Å²) in [6.45, 7) is 0. The first kappa shape index (κ1) is 11.9. The Morgan fingerprint density at radius 1 is 0.833 bits per heavy atom. The van der Waals surface area contributed by atoms with E-state index < -0.39 is 0 Å². The minimum Gasteiger partial charge on any atom is -0.248 e. The van der Waals surface area contributed by atoms with Gasteiger partial charge in [-0.1, -0.05) is 53.0 Å². The molecule has 0 fully saturated rings. The zero-order chi connectivity index (χ0) is 12.7. The van der Waals surface area contributed by atoms with Crippen molar-refractivity contribution in [3.8, 4) is 0 Å². The Hall–Kier alpha value is -1.15. The second-order valence-electron chi connectivity index (χ2n) is 3.95. The van der Waals surface area contributed by atoms with Crippen LogP contribution in [-0.2, 0) is 0 Å². The molecule has 0 bridgehead atoms. The summed E-state index contributed by atoms with van der Waals surface area (Å²) in [6, 6.07) is 11.3. The maximum Gasteiger partial charge on any atom is 0.0731 e. The third-order valence-electron chi connectivity index (χ3n) is 2.76. The van der Waals surface area contributed by atoms with Gasteiger partial charge in [-0.15, -0.1) is 0 Å². The van der Waals surface area contributed by atoms with Gasteiger partial charge in [0, 0.05) is 11.1 Å². The molecule has 0 unspecified atom stereocenters. The van der Waals surface area contributed by atoms with Crippen LogP contribution in [0, 0.1) is 0 Å². The first-order valence-electron chi connectivity index (χ1n) is 5.32. The second kappa shape index (κ2) is 4.51. The number of nitrogens with zero attached hydrogens (tertiary/aromatic N) is 1. The molecule has 18 heavy (non-hydrogen) atoms. The summed E-state index contributed by atoms with van der Waals surface area (Å²) < 4.78 is 0. The summed E-state index contributed by atoms with van der Waals surface area (Å²) in [5.41, 5.74) is 3.62. The van der Waals surface area contributed by atoms with Gasteiger partial charge < -0.3 is 0 Å². The van der Waals surface area contributed by atoms with Gasteiger partial charge in [0.05, 0.1) is 26.5 Å². The van der Waals surface area contributed by atoms with Gasteiger partial charge in [0.15, 0.2) is 0 Å². The standard InChI is InChI=1S/C14H7Cl3N/c15-10-7-12(17)11(16)6-9(10)14-5-8-3-1-2-4-13(8)18-14/h1-7H. The van der Waals surface area contributed by atoms with Crippen LogP contribution in [0.15, 0.2) is 36.4 Å². The highest BCUT2D eigenvalue weighted by molar-refractivity contribution is 6.43. The fraction of sp³-hybridized carbons (Fsp3) is 0. The van der Waals surface area contributed by atoms with E-state index in [1.165, 1.54) is 0 Å². The van der Waals surface area contributed by atoms with Crippen molar-refractivity contribution in [2.45, 2.75) is 0 Å². The molecule has 0 spiro atoms. The third kappa shape index (κ3) is 1.99. The van der Waals surface area contributed by atoms with E-state index in [0.717, 1.165) is 22.5 Å². The van der Waals surface area contributed by atoms with Crippen LogP contribution >= 0.6 is 34.8 Å². The number of para-hydroxylation sites is 1. The van der Waals surface area contributed by atoms with E-state index in [9.17, 15) is 0 Å². The number of hydrogen-bond acceptors (Lipinski definition) is 0. The molecule has 1 heterocycles. The van der Waals surface area contributed by atoms with Crippen molar-refractivity contribution < 1.29 is 0 Å². The topological polar surface area (TPSA) is 14.1 Å². The Kier molecular flexibility index (Phi) is 2.98. The van der Waals surface area contributed by atoms with Gasteiger partial charge in [0.1, 0.15) is 0 Å². The Morgan fingerprint density at radius 2 is 1.56 bits per heavy atom. The van der Waals surface area contributed by atoms with Gasteiger partial charge in [0.25, 0.3) is 0 Å². The molecule has 89 valence electrons. The zero-order valence-corrected chi connectivity index (χ0v) is 11.4. The van der Waals surface area contributed by atoms with E-state index in [-0.39, 0.29) is 0 Å².